The van der Waals surface area contributed by atoms with Gasteiger partial charge in [0.25, 0.3) is 0 Å². The van der Waals surface area contributed by atoms with E-state index in [1.807, 2.05) is 0 Å². The van der Waals surface area contributed by atoms with Gasteiger partial charge in [-0.3, -0.25) is 14.5 Å². The highest BCUT2D eigenvalue weighted by Gasteiger charge is 2.49. The van der Waals surface area contributed by atoms with E-state index in [0.29, 0.717) is 31.0 Å². The molecule has 6 atom stereocenters. The number of amides is 1. The van der Waals surface area contributed by atoms with Gasteiger partial charge in [-0.1, -0.05) is 56.8 Å². The summed E-state index contributed by atoms with van der Waals surface area (Å²) in [5.41, 5.74) is 0. The van der Waals surface area contributed by atoms with Crippen LogP contribution >= 0.6 is 0 Å². The van der Waals surface area contributed by atoms with Gasteiger partial charge < -0.3 is 20.4 Å². The number of carbonyl (C=O) groups excluding carboxylic acids is 1. The number of hydrogen-bond donors (Lipinski definition) is 3. The van der Waals surface area contributed by atoms with E-state index in [1.54, 1.807) is 12.0 Å². The van der Waals surface area contributed by atoms with Gasteiger partial charge in [-0.2, -0.15) is 5.06 Å². The Kier molecular flexibility index (Phi) is 14.6. The lowest BCUT2D eigenvalue weighted by Crippen LogP contribution is -2.50. The van der Waals surface area contributed by atoms with Crippen LogP contribution in [0.2, 0.25) is 0 Å². The fraction of sp³-hybridized carbons (Fsp3) is 0.914. The van der Waals surface area contributed by atoms with E-state index in [-0.39, 0.29) is 12.5 Å². The predicted octanol–water partition coefficient (Wildman–Crippen LogP) is 4.05. The maximum absolute atomic E-state index is 13.6. The van der Waals surface area contributed by atoms with E-state index in [1.165, 1.54) is 64.2 Å². The van der Waals surface area contributed by atoms with Gasteiger partial charge in [0.05, 0.1) is 19.3 Å². The number of hydrogen-bond acceptors (Lipinski definition) is 7. The SMILES string of the molecule is C[C@@H](O)[C@H]1[C@@H](CO)ON(CC2CCCC(C#CCN(C)CC3CCCCC3)C2)[C@H]1C(=O)NCCCN(C)C1CCCCC1. The van der Waals surface area contributed by atoms with Crippen LogP contribution in [-0.4, -0.2) is 109 Å². The summed E-state index contributed by atoms with van der Waals surface area (Å²) < 4.78 is 0. The van der Waals surface area contributed by atoms with Crippen LogP contribution in [0, 0.1) is 35.5 Å². The van der Waals surface area contributed by atoms with Crippen molar-refractivity contribution in [3.8, 4) is 11.8 Å². The second-order valence-corrected chi connectivity index (χ2v) is 14.4. The van der Waals surface area contributed by atoms with Gasteiger partial charge in [-0.25, -0.2) is 0 Å². The molecule has 4 aliphatic rings. The van der Waals surface area contributed by atoms with Crippen LogP contribution < -0.4 is 5.32 Å². The average Bonchev–Trinajstić information content (AvgIpc) is 3.39. The van der Waals surface area contributed by atoms with E-state index < -0.39 is 24.2 Å². The first kappa shape index (κ1) is 34.7. The standard InChI is InChI=1S/C35H62N4O4/c1-27(41)33-32(26-40)43-39(34(33)35(42)36-20-12-22-38(3)31-18-8-5-9-19-31)25-30-16-10-15-28(23-30)17-11-21-37(2)24-29-13-6-4-7-14-29/h27-34,40-41H,4-10,12-16,18-26H2,1-3H3,(H,36,42)/t27-,28?,30?,32-,33+,34-/m1/s1. The van der Waals surface area contributed by atoms with Crippen LogP contribution in [0.4, 0.5) is 0 Å². The number of carbonyl (C=O) groups is 1. The van der Waals surface area contributed by atoms with Crippen LogP contribution in [0.25, 0.3) is 0 Å². The minimum Gasteiger partial charge on any atom is -0.394 e. The molecule has 3 aliphatic carbocycles. The zero-order chi connectivity index (χ0) is 30.6. The molecule has 0 aromatic carbocycles. The maximum Gasteiger partial charge on any atom is 0.240 e. The van der Waals surface area contributed by atoms with Crippen molar-refractivity contribution in [3.63, 3.8) is 0 Å². The second kappa shape index (κ2) is 18.1. The molecule has 246 valence electrons. The summed E-state index contributed by atoms with van der Waals surface area (Å²) in [7, 11) is 4.41. The first-order chi connectivity index (χ1) is 20.9. The first-order valence-corrected chi connectivity index (χ1v) is 17.7. The Balaban J connectivity index is 1.27. The van der Waals surface area contributed by atoms with Gasteiger partial charge >= 0.3 is 0 Å². The van der Waals surface area contributed by atoms with Gasteiger partial charge in [-0.05, 0) is 90.8 Å². The number of aliphatic hydroxyl groups excluding tert-OH is 2. The molecule has 8 heteroatoms. The largest absolute Gasteiger partial charge is 0.394 e. The molecule has 0 aromatic rings. The average molecular weight is 603 g/mol. The summed E-state index contributed by atoms with van der Waals surface area (Å²) in [5, 5.41) is 25.7. The van der Waals surface area contributed by atoms with Crippen molar-refractivity contribution >= 4 is 5.91 Å². The summed E-state index contributed by atoms with van der Waals surface area (Å²) in [4.78, 5) is 24.6. The maximum atomic E-state index is 13.6. The number of rotatable bonds is 13. The number of nitrogens with zero attached hydrogens (tertiary/aromatic N) is 3. The molecule has 1 aliphatic heterocycles. The molecule has 3 N–H and O–H groups in total. The third-order valence-electron chi connectivity index (χ3n) is 10.7. The Morgan fingerprint density at radius 3 is 2.40 bits per heavy atom. The molecule has 0 spiro atoms. The van der Waals surface area contributed by atoms with Crippen LogP contribution in [-0.2, 0) is 9.63 Å². The molecule has 8 nitrogen and oxygen atoms in total. The van der Waals surface area contributed by atoms with Crippen molar-refractivity contribution in [2.75, 3.05) is 53.4 Å². The minimum absolute atomic E-state index is 0.102. The highest BCUT2D eigenvalue weighted by molar-refractivity contribution is 5.82. The molecule has 0 aromatic heterocycles. The zero-order valence-corrected chi connectivity index (χ0v) is 27.5. The fourth-order valence-corrected chi connectivity index (χ4v) is 8.29. The van der Waals surface area contributed by atoms with E-state index in [2.05, 4.69) is 41.1 Å². The molecule has 0 radical (unpaired) electrons. The van der Waals surface area contributed by atoms with E-state index in [0.717, 1.165) is 57.7 Å². The van der Waals surface area contributed by atoms with Crippen molar-refractivity contribution in [1.29, 1.82) is 0 Å². The smallest absolute Gasteiger partial charge is 0.240 e. The fourth-order valence-electron chi connectivity index (χ4n) is 8.29. The van der Waals surface area contributed by atoms with Gasteiger partial charge in [0.15, 0.2) is 0 Å². The molecular weight excluding hydrogens is 540 g/mol. The lowest BCUT2D eigenvalue weighted by atomic mass is 9.81. The third kappa shape index (κ3) is 10.7. The number of aliphatic hydroxyl groups is 2. The summed E-state index contributed by atoms with van der Waals surface area (Å²) in [6, 6.07) is 0.0627. The number of nitrogens with one attached hydrogen (secondary N) is 1. The first-order valence-electron chi connectivity index (χ1n) is 17.7. The predicted molar refractivity (Wildman–Crippen MR) is 172 cm³/mol. The Bertz CT molecular complexity index is 879. The molecule has 1 heterocycles. The molecule has 1 amide bonds. The highest BCUT2D eigenvalue weighted by Crippen LogP contribution is 2.35. The quantitative estimate of drug-likeness (QED) is 0.217. The molecule has 43 heavy (non-hydrogen) atoms. The van der Waals surface area contributed by atoms with Gasteiger partial charge in [0.1, 0.15) is 12.1 Å². The molecular formula is C35H62N4O4. The molecule has 4 fully saturated rings. The van der Waals surface area contributed by atoms with Crippen molar-refractivity contribution in [1.82, 2.24) is 20.2 Å². The minimum atomic E-state index is -0.758. The third-order valence-corrected chi connectivity index (χ3v) is 10.7. The van der Waals surface area contributed by atoms with E-state index in [9.17, 15) is 15.0 Å². The molecule has 0 bridgehead atoms. The summed E-state index contributed by atoms with van der Waals surface area (Å²) in [6.45, 7) is 5.68. The van der Waals surface area contributed by atoms with Crippen LogP contribution in [0.5, 0.6) is 0 Å². The van der Waals surface area contributed by atoms with Crippen molar-refractivity contribution in [3.05, 3.63) is 0 Å². The normalized spacial score (nSPS) is 30.3. The molecule has 3 saturated carbocycles. The Hall–Kier alpha value is -1.21. The lowest BCUT2D eigenvalue weighted by molar-refractivity contribution is -0.183. The van der Waals surface area contributed by atoms with Crippen molar-refractivity contribution in [2.24, 2.45) is 23.7 Å². The Morgan fingerprint density at radius 1 is 1.00 bits per heavy atom. The van der Waals surface area contributed by atoms with Gasteiger partial charge in [0.2, 0.25) is 5.91 Å². The number of hydroxylamine groups is 2. The van der Waals surface area contributed by atoms with Gasteiger partial charge in [-0.15, -0.1) is 0 Å². The monoisotopic (exact) mass is 602 g/mol. The van der Waals surface area contributed by atoms with Crippen LogP contribution in [0.3, 0.4) is 0 Å². The Labute approximate surface area is 262 Å². The molecule has 1 saturated heterocycles. The topological polar surface area (TPSA) is 88.5 Å². The van der Waals surface area contributed by atoms with Crippen molar-refractivity contribution < 1.29 is 19.8 Å². The lowest BCUT2D eigenvalue weighted by Gasteiger charge is -2.32. The molecule has 2 unspecified atom stereocenters. The van der Waals surface area contributed by atoms with E-state index in [4.69, 9.17) is 4.84 Å². The van der Waals surface area contributed by atoms with Crippen LogP contribution in [0.15, 0.2) is 0 Å². The zero-order valence-electron chi connectivity index (χ0n) is 27.5. The summed E-state index contributed by atoms with van der Waals surface area (Å²) in [6.07, 6.45) is 17.4. The van der Waals surface area contributed by atoms with Crippen LogP contribution in [0.1, 0.15) is 103 Å². The highest BCUT2D eigenvalue weighted by atomic mass is 16.7. The van der Waals surface area contributed by atoms with Gasteiger partial charge in [0, 0.05) is 37.5 Å². The van der Waals surface area contributed by atoms with Crippen molar-refractivity contribution in [2.45, 2.75) is 128 Å². The Morgan fingerprint density at radius 2 is 1.70 bits per heavy atom. The molecule has 4 rings (SSSR count). The summed E-state index contributed by atoms with van der Waals surface area (Å²) >= 11 is 0. The second-order valence-electron chi connectivity index (χ2n) is 14.4. The summed E-state index contributed by atoms with van der Waals surface area (Å²) in [5.74, 6) is 8.07. The van der Waals surface area contributed by atoms with E-state index >= 15 is 0 Å².